The molecule has 0 radical (unpaired) electrons. The van der Waals surface area contributed by atoms with Crippen molar-refractivity contribution in [2.75, 3.05) is 40.3 Å². The molecular formula is C21H42N2O3Sr. The van der Waals surface area contributed by atoms with Gasteiger partial charge in [-0.1, -0.05) is 62.3 Å². The average Bonchev–Trinajstić information content (AvgIpc) is 2.40. The van der Waals surface area contributed by atoms with Gasteiger partial charge >= 0.3 is 45.5 Å². The van der Waals surface area contributed by atoms with Gasteiger partial charge in [0.25, 0.3) is 0 Å². The van der Waals surface area contributed by atoms with Crippen LogP contribution in [0.2, 0.25) is 0 Å². The minimum Gasteiger partial charge on any atom is -0.875 e. The van der Waals surface area contributed by atoms with Crippen LogP contribution in [0.3, 0.4) is 0 Å². The van der Waals surface area contributed by atoms with Gasteiger partial charge in [0.1, 0.15) is 0 Å². The van der Waals surface area contributed by atoms with E-state index in [-0.39, 0.29) is 57.0 Å². The van der Waals surface area contributed by atoms with Gasteiger partial charge in [-0.3, -0.25) is 4.79 Å². The second kappa shape index (κ2) is 13.7. The van der Waals surface area contributed by atoms with Gasteiger partial charge in [0.05, 0.1) is 0 Å². The molecule has 0 aromatic carbocycles. The number of ketones is 1. The van der Waals surface area contributed by atoms with Crippen molar-refractivity contribution in [3.63, 3.8) is 0 Å². The third-order valence-corrected chi connectivity index (χ3v) is 3.66. The number of hydrogen-bond donors (Lipinski definition) is 0. The predicted octanol–water partition coefficient (Wildman–Crippen LogP) is 1.52. The zero-order valence-electron chi connectivity index (χ0n) is 19.7. The minimum absolute atomic E-state index is 0. The van der Waals surface area contributed by atoms with Gasteiger partial charge in [0, 0.05) is 18.5 Å². The number of allylic oxidation sites excluding steroid dienone is 2. The quantitative estimate of drug-likeness (QED) is 0.329. The molecule has 0 bridgehead atoms. The normalized spacial score (nSPS) is 13.2. The van der Waals surface area contributed by atoms with Crippen LogP contribution in [0, 0.1) is 10.8 Å². The van der Waals surface area contributed by atoms with Gasteiger partial charge in [0.15, 0.2) is 5.78 Å². The maximum Gasteiger partial charge on any atom is 2.00 e. The van der Waals surface area contributed by atoms with E-state index in [1.807, 2.05) is 41.5 Å². The molecule has 0 unspecified atom stereocenters. The van der Waals surface area contributed by atoms with Crippen molar-refractivity contribution in [2.45, 2.75) is 67.9 Å². The molecule has 6 heteroatoms. The third-order valence-electron chi connectivity index (χ3n) is 3.66. The molecule has 0 aliphatic rings. The van der Waals surface area contributed by atoms with Crippen LogP contribution in [0.25, 0.3) is 0 Å². The second-order valence-electron chi connectivity index (χ2n) is 9.80. The molecular weight excluding hydrogens is 416 g/mol. The summed E-state index contributed by atoms with van der Waals surface area (Å²) in [7, 11) is 4.10. The van der Waals surface area contributed by atoms with Crippen LogP contribution >= 0.6 is 0 Å². The Morgan fingerprint density at radius 2 is 1.37 bits per heavy atom. The van der Waals surface area contributed by atoms with Crippen LogP contribution in [-0.2, 0) is 4.79 Å². The van der Waals surface area contributed by atoms with Crippen molar-refractivity contribution < 1.29 is 15.0 Å². The Bertz CT molecular complexity index is 442. The molecule has 0 fully saturated rings. The third kappa shape index (κ3) is 19.7. The molecule has 0 saturated carbocycles. The van der Waals surface area contributed by atoms with E-state index in [1.165, 1.54) is 6.08 Å². The molecule has 0 atom stereocenters. The summed E-state index contributed by atoms with van der Waals surface area (Å²) in [5.74, 6) is -0.208. The fraction of sp³-hybridized carbons (Fsp3) is 0.857. The first kappa shape index (κ1) is 32.2. The van der Waals surface area contributed by atoms with E-state index < -0.39 is 16.4 Å². The summed E-state index contributed by atoms with van der Waals surface area (Å²) in [4.78, 5) is 15.8. The van der Waals surface area contributed by atoms with Crippen molar-refractivity contribution in [2.24, 2.45) is 10.8 Å². The van der Waals surface area contributed by atoms with Crippen LogP contribution in [-0.4, -0.2) is 107 Å². The van der Waals surface area contributed by atoms with Crippen molar-refractivity contribution in [1.82, 2.24) is 9.80 Å². The molecule has 0 spiro atoms. The molecule has 0 aliphatic carbocycles. The molecule has 0 saturated heterocycles. The largest absolute Gasteiger partial charge is 2.00 e. The summed E-state index contributed by atoms with van der Waals surface area (Å²) in [5, 5.41) is 22.9. The Kier molecular flexibility index (Phi) is 16.4. The summed E-state index contributed by atoms with van der Waals surface area (Å²) in [6, 6.07) is 0. The summed E-state index contributed by atoms with van der Waals surface area (Å²) < 4.78 is 0. The number of carbonyl (C=O) groups excluding carboxylic acids is 1. The van der Waals surface area contributed by atoms with Crippen molar-refractivity contribution in [1.29, 1.82) is 0 Å². The van der Waals surface area contributed by atoms with E-state index in [0.717, 1.165) is 19.6 Å². The van der Waals surface area contributed by atoms with E-state index in [9.17, 15) is 15.0 Å². The van der Waals surface area contributed by atoms with Gasteiger partial charge in [-0.05, 0) is 38.7 Å². The zero-order valence-corrected chi connectivity index (χ0v) is 23.2. The molecule has 0 aromatic rings. The molecule has 156 valence electrons. The van der Waals surface area contributed by atoms with Crippen molar-refractivity contribution in [3.8, 4) is 0 Å². The Hall–Kier alpha value is 0.571. The topological polar surface area (TPSA) is 69.7 Å². The first-order chi connectivity index (χ1) is 11.4. The molecule has 0 aromatic heterocycles. The fourth-order valence-electron chi connectivity index (χ4n) is 1.78. The van der Waals surface area contributed by atoms with Crippen molar-refractivity contribution in [3.05, 3.63) is 11.8 Å². The van der Waals surface area contributed by atoms with Gasteiger partial charge in [-0.15, -0.1) is 11.4 Å². The van der Waals surface area contributed by atoms with Crippen LogP contribution in [0.4, 0.5) is 0 Å². The van der Waals surface area contributed by atoms with E-state index in [2.05, 4.69) is 30.8 Å². The predicted molar refractivity (Wildman–Crippen MR) is 113 cm³/mol. The number of nitrogens with zero attached hydrogens (tertiary/aromatic N) is 2. The Morgan fingerprint density at radius 1 is 0.926 bits per heavy atom. The average molecular weight is 458 g/mol. The van der Waals surface area contributed by atoms with E-state index in [4.69, 9.17) is 0 Å². The Morgan fingerprint density at radius 3 is 1.63 bits per heavy atom. The summed E-state index contributed by atoms with van der Waals surface area (Å²) in [6.45, 7) is 20.0. The number of rotatable bonds is 7. The molecule has 0 heterocycles. The van der Waals surface area contributed by atoms with Gasteiger partial charge < -0.3 is 20.0 Å². The number of carbonyl (C=O) groups is 1. The molecule has 0 amide bonds. The smallest absolute Gasteiger partial charge is 0.875 e. The van der Waals surface area contributed by atoms with Crippen LogP contribution in [0.15, 0.2) is 11.8 Å². The fourth-order valence-corrected chi connectivity index (χ4v) is 1.78. The first-order valence-corrected chi connectivity index (χ1v) is 9.41. The maximum absolute atomic E-state index is 11.5. The molecule has 0 rings (SSSR count). The van der Waals surface area contributed by atoms with E-state index in [1.54, 1.807) is 13.8 Å². The van der Waals surface area contributed by atoms with Gasteiger partial charge in [-0.25, -0.2) is 0 Å². The molecule has 27 heavy (non-hydrogen) atoms. The Labute approximate surface area is 205 Å². The SMILES string of the molecule is CC(C)(C)C(=O)/C=C(\[O-])C(C)(C)C.CCN(CCN(C)C)CC(C)(C)[O-].[Sr+2]. The summed E-state index contributed by atoms with van der Waals surface area (Å²) in [6.07, 6.45) is 1.22. The van der Waals surface area contributed by atoms with E-state index in [0.29, 0.717) is 6.54 Å². The summed E-state index contributed by atoms with van der Waals surface area (Å²) >= 11 is 0. The van der Waals surface area contributed by atoms with Crippen molar-refractivity contribution >= 4 is 51.3 Å². The zero-order chi connectivity index (χ0) is 21.3. The minimum atomic E-state index is -0.831. The van der Waals surface area contributed by atoms with Crippen LogP contribution in [0.5, 0.6) is 0 Å². The Balaban J connectivity index is -0.000000411. The molecule has 5 nitrogen and oxygen atoms in total. The standard InChI is InChI=1S/C11H20O2.C10H23N2O.Sr/c1-10(2,3)8(12)7-9(13)11(4,5)6;1-6-12(8-7-11(4)5)9-10(2,3)13;/h7,12H,1-6H3;6-9H2,1-5H3;/q;-1;+2/p-1/b8-7-;;. The van der Waals surface area contributed by atoms with Crippen LogP contribution < -0.4 is 10.2 Å². The number of likely N-dealkylation sites (N-methyl/N-ethyl adjacent to an activating group) is 2. The number of hydrogen-bond acceptors (Lipinski definition) is 5. The second-order valence-corrected chi connectivity index (χ2v) is 9.80. The van der Waals surface area contributed by atoms with Gasteiger partial charge in [-0.2, -0.15) is 0 Å². The van der Waals surface area contributed by atoms with Gasteiger partial charge in [0.2, 0.25) is 0 Å². The van der Waals surface area contributed by atoms with E-state index >= 15 is 0 Å². The van der Waals surface area contributed by atoms with Crippen LogP contribution in [0.1, 0.15) is 62.3 Å². The first-order valence-electron chi connectivity index (χ1n) is 9.41. The molecule has 0 N–H and O–H groups in total. The monoisotopic (exact) mass is 458 g/mol. The molecule has 0 aliphatic heterocycles. The maximum atomic E-state index is 11.5. The summed E-state index contributed by atoms with van der Waals surface area (Å²) in [5.41, 5.74) is -1.75.